The lowest BCUT2D eigenvalue weighted by atomic mass is 9.64. The summed E-state index contributed by atoms with van der Waals surface area (Å²) in [4.78, 5) is 0. The Bertz CT molecular complexity index is 447. The minimum absolute atomic E-state index is 0.187. The van der Waals surface area contributed by atoms with E-state index in [1.165, 1.54) is 16.8 Å². The molecule has 0 aromatic heterocycles. The van der Waals surface area contributed by atoms with Crippen LogP contribution in [0.2, 0.25) is 0 Å². The van der Waals surface area contributed by atoms with Crippen LogP contribution >= 0.6 is 15.9 Å². The van der Waals surface area contributed by atoms with E-state index in [0.717, 1.165) is 17.5 Å². The van der Waals surface area contributed by atoms with Crippen LogP contribution in [0.3, 0.4) is 0 Å². The molecule has 2 unspecified atom stereocenters. The molecule has 0 heterocycles. The second-order valence-corrected chi connectivity index (χ2v) is 6.99. The molecular formula is C16H24BrNO. The number of hydrogen-bond acceptors (Lipinski definition) is 2. The summed E-state index contributed by atoms with van der Waals surface area (Å²) in [5, 5.41) is 3.69. The Morgan fingerprint density at radius 1 is 1.37 bits per heavy atom. The molecule has 19 heavy (non-hydrogen) atoms. The van der Waals surface area contributed by atoms with Crippen molar-refractivity contribution < 1.29 is 4.74 Å². The number of nitrogens with one attached hydrogen (secondary N) is 1. The third-order valence-electron chi connectivity index (χ3n) is 4.30. The highest BCUT2D eigenvalue weighted by Crippen LogP contribution is 2.45. The van der Waals surface area contributed by atoms with Crippen molar-refractivity contribution in [1.29, 1.82) is 0 Å². The van der Waals surface area contributed by atoms with Crippen molar-refractivity contribution in [3.63, 3.8) is 0 Å². The molecule has 1 aromatic rings. The van der Waals surface area contributed by atoms with Crippen molar-refractivity contribution in [2.45, 2.75) is 53.2 Å². The highest BCUT2D eigenvalue weighted by atomic mass is 79.9. The number of anilines is 1. The van der Waals surface area contributed by atoms with E-state index in [2.05, 4.69) is 68.0 Å². The van der Waals surface area contributed by atoms with E-state index in [-0.39, 0.29) is 5.41 Å². The molecule has 1 fully saturated rings. The Balaban J connectivity index is 2.12. The van der Waals surface area contributed by atoms with Crippen molar-refractivity contribution in [2.75, 3.05) is 11.9 Å². The molecule has 1 aliphatic carbocycles. The van der Waals surface area contributed by atoms with Crippen molar-refractivity contribution in [2.24, 2.45) is 5.41 Å². The average molecular weight is 326 g/mol. The zero-order chi connectivity index (χ0) is 14.2. The van der Waals surface area contributed by atoms with Gasteiger partial charge in [0, 0.05) is 22.5 Å². The second-order valence-electron chi connectivity index (χ2n) is 6.14. The van der Waals surface area contributed by atoms with Gasteiger partial charge in [-0.1, -0.05) is 19.9 Å². The van der Waals surface area contributed by atoms with Gasteiger partial charge in [-0.05, 0) is 60.3 Å². The topological polar surface area (TPSA) is 21.3 Å². The summed E-state index contributed by atoms with van der Waals surface area (Å²) in [7, 11) is 0. The lowest BCUT2D eigenvalue weighted by Gasteiger charge is -2.52. The Hall–Kier alpha value is -0.540. The fraction of sp³-hybridized carbons (Fsp3) is 0.625. The molecule has 3 heteroatoms. The van der Waals surface area contributed by atoms with Gasteiger partial charge in [-0.25, -0.2) is 0 Å². The van der Waals surface area contributed by atoms with Gasteiger partial charge >= 0.3 is 0 Å². The van der Waals surface area contributed by atoms with Gasteiger partial charge in [-0.15, -0.1) is 0 Å². The van der Waals surface area contributed by atoms with E-state index in [1.54, 1.807) is 0 Å². The minimum atomic E-state index is 0.187. The van der Waals surface area contributed by atoms with E-state index < -0.39 is 0 Å². The Morgan fingerprint density at radius 3 is 2.58 bits per heavy atom. The molecule has 106 valence electrons. The number of ether oxygens (including phenoxy) is 1. The van der Waals surface area contributed by atoms with Gasteiger partial charge in [0.15, 0.2) is 0 Å². The lowest BCUT2D eigenvalue weighted by Crippen LogP contribution is -2.58. The summed E-state index contributed by atoms with van der Waals surface area (Å²) in [5.41, 5.74) is 3.99. The first kappa shape index (κ1) is 14.9. The quantitative estimate of drug-likeness (QED) is 0.867. The summed E-state index contributed by atoms with van der Waals surface area (Å²) in [6.07, 6.45) is 1.46. The van der Waals surface area contributed by atoms with Crippen molar-refractivity contribution in [1.82, 2.24) is 0 Å². The van der Waals surface area contributed by atoms with Gasteiger partial charge in [0.05, 0.1) is 11.8 Å². The first-order valence-corrected chi connectivity index (χ1v) is 7.80. The van der Waals surface area contributed by atoms with Crippen LogP contribution in [0.1, 0.15) is 38.3 Å². The zero-order valence-corrected chi connectivity index (χ0v) is 14.1. The maximum absolute atomic E-state index is 5.79. The predicted octanol–water partition coefficient (Wildman–Crippen LogP) is 4.68. The Kier molecular flexibility index (Phi) is 4.26. The lowest BCUT2D eigenvalue weighted by molar-refractivity contribution is -0.0976. The summed E-state index contributed by atoms with van der Waals surface area (Å²) < 4.78 is 6.94. The van der Waals surface area contributed by atoms with Crippen LogP contribution in [-0.4, -0.2) is 18.8 Å². The second kappa shape index (κ2) is 5.45. The van der Waals surface area contributed by atoms with Crippen molar-refractivity contribution in [3.8, 4) is 0 Å². The largest absolute Gasteiger partial charge is 0.380 e. The van der Waals surface area contributed by atoms with E-state index in [1.807, 2.05) is 0 Å². The molecular weight excluding hydrogens is 302 g/mol. The number of halogens is 1. The fourth-order valence-electron chi connectivity index (χ4n) is 2.89. The molecule has 0 amide bonds. The summed E-state index contributed by atoms with van der Waals surface area (Å²) in [6.45, 7) is 11.7. The normalized spacial score (nSPS) is 24.9. The van der Waals surface area contributed by atoms with Crippen molar-refractivity contribution in [3.05, 3.63) is 27.7 Å². The monoisotopic (exact) mass is 325 g/mol. The molecule has 0 aliphatic heterocycles. The van der Waals surface area contributed by atoms with Crippen LogP contribution < -0.4 is 5.32 Å². The number of rotatable bonds is 4. The maximum Gasteiger partial charge on any atom is 0.0665 e. The highest BCUT2D eigenvalue weighted by Gasteiger charge is 2.49. The van der Waals surface area contributed by atoms with Crippen molar-refractivity contribution >= 4 is 21.6 Å². The highest BCUT2D eigenvalue weighted by molar-refractivity contribution is 9.10. The number of aryl methyl sites for hydroxylation is 2. The molecule has 0 radical (unpaired) electrons. The van der Waals surface area contributed by atoms with E-state index in [4.69, 9.17) is 4.74 Å². The van der Waals surface area contributed by atoms with Crippen LogP contribution in [0.25, 0.3) is 0 Å². The van der Waals surface area contributed by atoms with E-state index in [0.29, 0.717) is 12.1 Å². The van der Waals surface area contributed by atoms with Gasteiger partial charge in [-0.2, -0.15) is 0 Å². The minimum Gasteiger partial charge on any atom is -0.380 e. The maximum atomic E-state index is 5.79. The fourth-order valence-corrected chi connectivity index (χ4v) is 3.68. The van der Waals surface area contributed by atoms with Gasteiger partial charge in [0.25, 0.3) is 0 Å². The van der Waals surface area contributed by atoms with Gasteiger partial charge in [0.2, 0.25) is 0 Å². The average Bonchev–Trinajstić information content (AvgIpc) is 2.30. The molecule has 2 atom stereocenters. The Labute approximate surface area is 125 Å². The molecule has 2 rings (SSSR count). The van der Waals surface area contributed by atoms with Crippen LogP contribution in [0, 0.1) is 19.3 Å². The standard InChI is InChI=1S/C16H24BrNO/c1-6-19-14-9-13(16(14,4)5)18-15-11(3)7-10(2)8-12(15)17/h7-8,13-14,18H,6,9H2,1-5H3. The zero-order valence-electron chi connectivity index (χ0n) is 12.5. The third-order valence-corrected chi connectivity index (χ3v) is 4.92. The smallest absolute Gasteiger partial charge is 0.0665 e. The van der Waals surface area contributed by atoms with Gasteiger partial charge in [0.1, 0.15) is 0 Å². The predicted molar refractivity (Wildman–Crippen MR) is 84.8 cm³/mol. The molecule has 0 spiro atoms. The van der Waals surface area contributed by atoms with E-state index in [9.17, 15) is 0 Å². The van der Waals surface area contributed by atoms with Crippen LogP contribution in [0.5, 0.6) is 0 Å². The van der Waals surface area contributed by atoms with E-state index >= 15 is 0 Å². The summed E-state index contributed by atoms with van der Waals surface area (Å²) in [5.74, 6) is 0. The number of hydrogen-bond donors (Lipinski definition) is 1. The van der Waals surface area contributed by atoms with Gasteiger partial charge < -0.3 is 10.1 Å². The first-order valence-electron chi connectivity index (χ1n) is 7.01. The molecule has 1 aromatic carbocycles. The molecule has 2 nitrogen and oxygen atoms in total. The molecule has 1 saturated carbocycles. The SMILES string of the molecule is CCOC1CC(Nc2c(C)cc(C)cc2Br)C1(C)C. The van der Waals surface area contributed by atoms with Crippen LogP contribution in [-0.2, 0) is 4.74 Å². The Morgan fingerprint density at radius 2 is 2.05 bits per heavy atom. The van der Waals surface area contributed by atoms with Crippen LogP contribution in [0.15, 0.2) is 16.6 Å². The van der Waals surface area contributed by atoms with Crippen LogP contribution in [0.4, 0.5) is 5.69 Å². The molecule has 1 aliphatic rings. The van der Waals surface area contributed by atoms with Gasteiger partial charge in [-0.3, -0.25) is 0 Å². The number of benzene rings is 1. The third kappa shape index (κ3) is 2.82. The summed E-state index contributed by atoms with van der Waals surface area (Å²) in [6, 6.07) is 4.86. The molecule has 0 saturated heterocycles. The first-order chi connectivity index (χ1) is 8.86. The summed E-state index contributed by atoms with van der Waals surface area (Å²) >= 11 is 3.67. The molecule has 1 N–H and O–H groups in total. The molecule has 0 bridgehead atoms.